The lowest BCUT2D eigenvalue weighted by Crippen LogP contribution is -2.52. The molecule has 0 bridgehead atoms. The van der Waals surface area contributed by atoms with Gasteiger partial charge in [0.2, 0.25) is 5.91 Å². The lowest BCUT2D eigenvalue weighted by Gasteiger charge is -2.38. The van der Waals surface area contributed by atoms with E-state index in [9.17, 15) is 9.90 Å². The van der Waals surface area contributed by atoms with E-state index in [0.717, 1.165) is 31.4 Å². The Hall–Kier alpha value is -1.55. The first-order valence-electron chi connectivity index (χ1n) is 7.20. The molecule has 1 aromatic rings. The Bertz CT molecular complexity index is 482. The summed E-state index contributed by atoms with van der Waals surface area (Å²) < 4.78 is 5.37. The molecular weight excluding hydrogens is 254 g/mol. The zero-order valence-electron chi connectivity index (χ0n) is 12.2. The van der Waals surface area contributed by atoms with Gasteiger partial charge in [-0.25, -0.2) is 0 Å². The summed E-state index contributed by atoms with van der Waals surface area (Å²) in [6.45, 7) is 4.07. The van der Waals surface area contributed by atoms with Crippen molar-refractivity contribution in [1.82, 2.24) is 5.32 Å². The standard InChI is InChI=1S/C16H23NO3/c1-12-7-9-16(11-18,10-8-12)17-15(19)6-5-14-4-3-13(2)20-14/h3-6,12,18H,7-11H2,1-2H3,(H,17,19). The highest BCUT2D eigenvalue weighted by molar-refractivity contribution is 5.91. The normalized spacial score (nSPS) is 26.9. The molecule has 2 rings (SSSR count). The van der Waals surface area contributed by atoms with Crippen molar-refractivity contribution in [2.45, 2.75) is 45.1 Å². The summed E-state index contributed by atoms with van der Waals surface area (Å²) in [5, 5.41) is 12.6. The number of hydrogen-bond acceptors (Lipinski definition) is 3. The monoisotopic (exact) mass is 277 g/mol. The van der Waals surface area contributed by atoms with Crippen molar-refractivity contribution >= 4 is 12.0 Å². The van der Waals surface area contributed by atoms with Crippen molar-refractivity contribution in [3.8, 4) is 0 Å². The van der Waals surface area contributed by atoms with Gasteiger partial charge in [-0.1, -0.05) is 6.92 Å². The van der Waals surface area contributed by atoms with Crippen LogP contribution in [0, 0.1) is 12.8 Å². The number of furan rings is 1. The molecule has 0 atom stereocenters. The van der Waals surface area contributed by atoms with E-state index in [0.29, 0.717) is 11.7 Å². The van der Waals surface area contributed by atoms with Gasteiger partial charge in [0, 0.05) is 6.08 Å². The van der Waals surface area contributed by atoms with Crippen LogP contribution in [0.4, 0.5) is 0 Å². The van der Waals surface area contributed by atoms with E-state index in [1.807, 2.05) is 19.1 Å². The fraction of sp³-hybridized carbons (Fsp3) is 0.562. The van der Waals surface area contributed by atoms with Gasteiger partial charge in [0.15, 0.2) is 0 Å². The smallest absolute Gasteiger partial charge is 0.244 e. The van der Waals surface area contributed by atoms with Gasteiger partial charge in [0.05, 0.1) is 12.1 Å². The predicted octanol–water partition coefficient (Wildman–Crippen LogP) is 2.66. The molecule has 0 spiro atoms. The van der Waals surface area contributed by atoms with E-state index in [-0.39, 0.29) is 12.5 Å². The summed E-state index contributed by atoms with van der Waals surface area (Å²) in [7, 11) is 0. The lowest BCUT2D eigenvalue weighted by atomic mass is 9.77. The van der Waals surface area contributed by atoms with Gasteiger partial charge in [-0.15, -0.1) is 0 Å². The zero-order valence-corrected chi connectivity index (χ0v) is 12.2. The molecule has 0 radical (unpaired) electrons. The average Bonchev–Trinajstić information content (AvgIpc) is 2.85. The number of carbonyl (C=O) groups is 1. The third-order valence-electron chi connectivity index (χ3n) is 4.08. The maximum atomic E-state index is 12.0. The molecule has 1 fully saturated rings. The highest BCUT2D eigenvalue weighted by Crippen LogP contribution is 2.31. The molecule has 0 aromatic carbocycles. The second-order valence-electron chi connectivity index (χ2n) is 5.89. The predicted molar refractivity (Wildman–Crippen MR) is 78.1 cm³/mol. The van der Waals surface area contributed by atoms with Crippen molar-refractivity contribution in [2.24, 2.45) is 5.92 Å². The second kappa shape index (κ2) is 6.27. The van der Waals surface area contributed by atoms with Gasteiger partial charge in [0.25, 0.3) is 0 Å². The fourth-order valence-electron chi connectivity index (χ4n) is 2.64. The lowest BCUT2D eigenvalue weighted by molar-refractivity contribution is -0.119. The third-order valence-corrected chi connectivity index (χ3v) is 4.08. The topological polar surface area (TPSA) is 62.5 Å². The van der Waals surface area contributed by atoms with Gasteiger partial charge in [-0.2, -0.15) is 0 Å². The molecule has 0 saturated heterocycles. The zero-order chi connectivity index (χ0) is 14.6. The second-order valence-corrected chi connectivity index (χ2v) is 5.89. The molecule has 110 valence electrons. The third kappa shape index (κ3) is 3.73. The summed E-state index contributed by atoms with van der Waals surface area (Å²) >= 11 is 0. The first kappa shape index (κ1) is 14.9. The van der Waals surface area contributed by atoms with Crippen LogP contribution in [-0.4, -0.2) is 23.2 Å². The number of aliphatic hydroxyl groups is 1. The van der Waals surface area contributed by atoms with Crippen LogP contribution in [0.2, 0.25) is 0 Å². The summed E-state index contributed by atoms with van der Waals surface area (Å²) in [6.07, 6.45) is 6.88. The van der Waals surface area contributed by atoms with Crippen LogP contribution < -0.4 is 5.32 Å². The minimum atomic E-state index is -0.451. The minimum absolute atomic E-state index is 0.000833. The molecule has 1 heterocycles. The Labute approximate surface area is 119 Å². The van der Waals surface area contributed by atoms with Crippen LogP contribution >= 0.6 is 0 Å². The van der Waals surface area contributed by atoms with Gasteiger partial charge in [-0.3, -0.25) is 4.79 Å². The van der Waals surface area contributed by atoms with Crippen LogP contribution in [-0.2, 0) is 4.79 Å². The Balaban J connectivity index is 1.94. The summed E-state index contributed by atoms with van der Waals surface area (Å²) in [5.74, 6) is 1.97. The van der Waals surface area contributed by atoms with Crippen LogP contribution in [0.25, 0.3) is 6.08 Å². The summed E-state index contributed by atoms with van der Waals surface area (Å²) in [6, 6.07) is 3.68. The van der Waals surface area contributed by atoms with E-state index in [1.54, 1.807) is 6.08 Å². The quantitative estimate of drug-likeness (QED) is 0.832. The molecule has 1 aliphatic carbocycles. The molecule has 0 aliphatic heterocycles. The number of aryl methyl sites for hydroxylation is 1. The first-order chi connectivity index (χ1) is 9.53. The largest absolute Gasteiger partial charge is 0.462 e. The van der Waals surface area contributed by atoms with Crippen LogP contribution in [0.5, 0.6) is 0 Å². The molecule has 1 saturated carbocycles. The van der Waals surface area contributed by atoms with E-state index in [4.69, 9.17) is 4.42 Å². The van der Waals surface area contributed by atoms with Crippen molar-refractivity contribution < 1.29 is 14.3 Å². The molecule has 0 unspecified atom stereocenters. The van der Waals surface area contributed by atoms with E-state index in [2.05, 4.69) is 12.2 Å². The number of hydrogen-bond donors (Lipinski definition) is 2. The van der Waals surface area contributed by atoms with Gasteiger partial charge >= 0.3 is 0 Å². The van der Waals surface area contributed by atoms with E-state index in [1.165, 1.54) is 6.08 Å². The van der Waals surface area contributed by atoms with Crippen molar-refractivity contribution in [2.75, 3.05) is 6.61 Å². The van der Waals surface area contributed by atoms with Gasteiger partial charge < -0.3 is 14.8 Å². The van der Waals surface area contributed by atoms with E-state index < -0.39 is 5.54 Å². The maximum absolute atomic E-state index is 12.0. The molecule has 1 amide bonds. The fourth-order valence-corrected chi connectivity index (χ4v) is 2.64. The summed E-state index contributed by atoms with van der Waals surface area (Å²) in [5.41, 5.74) is -0.451. The number of aliphatic hydroxyl groups excluding tert-OH is 1. The van der Waals surface area contributed by atoms with E-state index >= 15 is 0 Å². The Morgan fingerprint density at radius 3 is 2.75 bits per heavy atom. The maximum Gasteiger partial charge on any atom is 0.244 e. The van der Waals surface area contributed by atoms with Crippen LogP contribution in [0.15, 0.2) is 22.6 Å². The highest BCUT2D eigenvalue weighted by Gasteiger charge is 2.34. The molecule has 1 aromatic heterocycles. The Kier molecular flexibility index (Phi) is 4.65. The van der Waals surface area contributed by atoms with Crippen LogP contribution in [0.3, 0.4) is 0 Å². The van der Waals surface area contributed by atoms with Gasteiger partial charge in [-0.05, 0) is 56.7 Å². The number of carbonyl (C=O) groups excluding carboxylic acids is 1. The highest BCUT2D eigenvalue weighted by atomic mass is 16.3. The minimum Gasteiger partial charge on any atom is -0.462 e. The molecule has 4 nitrogen and oxygen atoms in total. The van der Waals surface area contributed by atoms with Crippen molar-refractivity contribution in [3.63, 3.8) is 0 Å². The number of amides is 1. The summed E-state index contributed by atoms with van der Waals surface area (Å²) in [4.78, 5) is 12.0. The molecule has 1 aliphatic rings. The van der Waals surface area contributed by atoms with Crippen molar-refractivity contribution in [3.05, 3.63) is 29.7 Å². The van der Waals surface area contributed by atoms with Gasteiger partial charge in [0.1, 0.15) is 11.5 Å². The SMILES string of the molecule is Cc1ccc(C=CC(=O)NC2(CO)CCC(C)CC2)o1. The molecule has 2 N–H and O–H groups in total. The Morgan fingerprint density at radius 2 is 2.20 bits per heavy atom. The molecule has 20 heavy (non-hydrogen) atoms. The number of rotatable bonds is 4. The molecule has 4 heteroatoms. The van der Waals surface area contributed by atoms with Crippen molar-refractivity contribution in [1.29, 1.82) is 0 Å². The molecular formula is C16H23NO3. The van der Waals surface area contributed by atoms with Crippen LogP contribution in [0.1, 0.15) is 44.1 Å². The number of nitrogens with one attached hydrogen (secondary N) is 1. The average molecular weight is 277 g/mol. The Morgan fingerprint density at radius 1 is 1.50 bits per heavy atom. The first-order valence-corrected chi connectivity index (χ1v) is 7.20.